The van der Waals surface area contributed by atoms with Gasteiger partial charge >= 0.3 is 12.1 Å². The number of carbonyl (C=O) groups is 3. The molecule has 4 atom stereocenters. The number of aliphatic imine (C=N–C) groups is 1. The fourth-order valence-electron chi connectivity index (χ4n) is 5.01. The Bertz CT molecular complexity index is 1230. The van der Waals surface area contributed by atoms with Gasteiger partial charge in [-0.3, -0.25) is 9.79 Å². The highest BCUT2D eigenvalue weighted by Gasteiger charge is 2.28. The van der Waals surface area contributed by atoms with Crippen LogP contribution in [-0.4, -0.2) is 77.0 Å². The van der Waals surface area contributed by atoms with Gasteiger partial charge in [-0.1, -0.05) is 71.4 Å². The van der Waals surface area contributed by atoms with Crippen molar-refractivity contribution in [3.8, 4) is 0 Å². The normalized spacial score (nSPS) is 16.3. The van der Waals surface area contributed by atoms with E-state index in [-0.39, 0.29) is 35.2 Å². The summed E-state index contributed by atoms with van der Waals surface area (Å²) >= 11 is 3.17. The topological polar surface area (TPSA) is 125 Å². The van der Waals surface area contributed by atoms with E-state index in [1.165, 1.54) is 0 Å². The van der Waals surface area contributed by atoms with E-state index in [0.29, 0.717) is 44.9 Å². The van der Waals surface area contributed by atoms with E-state index < -0.39 is 12.1 Å². The van der Waals surface area contributed by atoms with Crippen LogP contribution in [-0.2, 0) is 22.5 Å². The van der Waals surface area contributed by atoms with E-state index in [1.54, 1.807) is 40.6 Å². The van der Waals surface area contributed by atoms with Gasteiger partial charge in [-0.2, -0.15) is 0 Å². The van der Waals surface area contributed by atoms with Gasteiger partial charge in [0.05, 0.1) is 34.6 Å². The van der Waals surface area contributed by atoms with Crippen molar-refractivity contribution in [2.75, 3.05) is 20.2 Å². The number of hydrogen-bond donors (Lipinski definition) is 3. The maximum atomic E-state index is 13.7. The van der Waals surface area contributed by atoms with Gasteiger partial charge in [-0.15, -0.1) is 23.1 Å². The van der Waals surface area contributed by atoms with Gasteiger partial charge in [0.25, 0.3) is 0 Å². The van der Waals surface area contributed by atoms with Crippen LogP contribution in [0.4, 0.5) is 9.59 Å². The number of hydrogen-bond acceptors (Lipinski definition) is 8. The standard InChI is InChI=1S/C33H50N6O4S2/c1-7-11-25(37-33(42)43-19-28-17-34-21-45-28)14-15-26(16-24-12-9-8-10-13-24)35-30(40)29(22(2)3)38-32(41)39(6)18-27-20-44-31(36-27)23(4)5/h8-10,12-13,20-23,25-26,28-29H,7,11,14-19H2,1-6H3,(H,35,40)(H,37,42)(H,38,41)/t25-,26+,28?,29-/m0/s1. The molecule has 3 N–H and O–H groups in total. The van der Waals surface area contributed by atoms with Gasteiger partial charge in [0.1, 0.15) is 12.6 Å². The number of carbonyl (C=O) groups excluding carboxylic acids is 3. The minimum absolute atomic E-state index is 0.0821. The van der Waals surface area contributed by atoms with Gasteiger partial charge in [-0.25, -0.2) is 14.6 Å². The molecule has 1 aromatic heterocycles. The van der Waals surface area contributed by atoms with Crippen molar-refractivity contribution in [2.45, 2.75) is 103 Å². The lowest BCUT2D eigenvalue weighted by Crippen LogP contribution is -2.54. The molecule has 2 aromatic rings. The molecule has 10 nitrogen and oxygen atoms in total. The van der Waals surface area contributed by atoms with E-state index in [0.717, 1.165) is 29.1 Å². The van der Waals surface area contributed by atoms with Crippen LogP contribution in [0.2, 0.25) is 0 Å². The predicted octanol–water partition coefficient (Wildman–Crippen LogP) is 5.98. The molecule has 0 bridgehead atoms. The van der Waals surface area contributed by atoms with Crippen molar-refractivity contribution in [1.82, 2.24) is 25.8 Å². The summed E-state index contributed by atoms with van der Waals surface area (Å²) in [6, 6.07) is 8.72. The number of ether oxygens (including phenoxy) is 1. The molecule has 0 saturated heterocycles. The molecule has 0 fully saturated rings. The number of thiazole rings is 1. The Morgan fingerprint density at radius 3 is 2.38 bits per heavy atom. The molecule has 0 aliphatic carbocycles. The first-order valence-electron chi connectivity index (χ1n) is 15.9. The average Bonchev–Trinajstić information content (AvgIpc) is 3.70. The highest BCUT2D eigenvalue weighted by molar-refractivity contribution is 8.12. The number of thioether (sulfide) groups is 1. The first-order chi connectivity index (χ1) is 21.5. The zero-order valence-corrected chi connectivity index (χ0v) is 29.1. The Morgan fingerprint density at radius 2 is 1.76 bits per heavy atom. The first-order valence-corrected chi connectivity index (χ1v) is 17.7. The van der Waals surface area contributed by atoms with Crippen LogP contribution < -0.4 is 16.0 Å². The van der Waals surface area contributed by atoms with Crippen LogP contribution in [0.1, 0.15) is 82.5 Å². The minimum atomic E-state index is -0.711. The van der Waals surface area contributed by atoms with Crippen molar-refractivity contribution in [3.63, 3.8) is 0 Å². The van der Waals surface area contributed by atoms with Crippen molar-refractivity contribution in [1.29, 1.82) is 0 Å². The average molecular weight is 659 g/mol. The van der Waals surface area contributed by atoms with Crippen LogP contribution in [0, 0.1) is 5.92 Å². The zero-order valence-electron chi connectivity index (χ0n) is 27.5. The lowest BCUT2D eigenvalue weighted by Gasteiger charge is -2.28. The van der Waals surface area contributed by atoms with Crippen molar-refractivity contribution >= 4 is 46.7 Å². The van der Waals surface area contributed by atoms with Crippen LogP contribution >= 0.6 is 23.1 Å². The molecule has 1 unspecified atom stereocenters. The van der Waals surface area contributed by atoms with Crippen molar-refractivity contribution < 1.29 is 19.1 Å². The van der Waals surface area contributed by atoms with Gasteiger partial charge < -0.3 is 25.6 Å². The third kappa shape index (κ3) is 12.7. The summed E-state index contributed by atoms with van der Waals surface area (Å²) in [4.78, 5) is 49.8. The smallest absolute Gasteiger partial charge is 0.407 e. The quantitative estimate of drug-likeness (QED) is 0.192. The molecule has 2 heterocycles. The van der Waals surface area contributed by atoms with Gasteiger partial charge in [0.15, 0.2) is 0 Å². The summed E-state index contributed by atoms with van der Waals surface area (Å²) in [5.74, 6) is -0.0164. The molecule has 0 saturated carbocycles. The first kappa shape index (κ1) is 36.3. The SMILES string of the molecule is CCC[C@@H](CC[C@H](Cc1ccccc1)NC(=O)[C@@H](NC(=O)N(C)Cc1csc(C(C)C)n1)C(C)C)NC(=O)OCC1CN=CS1. The van der Waals surface area contributed by atoms with Crippen LogP contribution in [0.25, 0.3) is 0 Å². The van der Waals surface area contributed by atoms with Gasteiger partial charge in [0.2, 0.25) is 5.91 Å². The molecule has 0 spiro atoms. The van der Waals surface area contributed by atoms with Crippen LogP contribution in [0.5, 0.6) is 0 Å². The van der Waals surface area contributed by atoms with E-state index in [4.69, 9.17) is 4.74 Å². The van der Waals surface area contributed by atoms with E-state index in [9.17, 15) is 14.4 Å². The predicted molar refractivity (Wildman–Crippen MR) is 184 cm³/mol. The number of amides is 4. The highest BCUT2D eigenvalue weighted by atomic mass is 32.2. The third-order valence-electron chi connectivity index (χ3n) is 7.57. The molecule has 4 amide bonds. The summed E-state index contributed by atoms with van der Waals surface area (Å²) < 4.78 is 5.46. The molecule has 45 heavy (non-hydrogen) atoms. The second-order valence-corrected chi connectivity index (χ2v) is 14.3. The second-order valence-electron chi connectivity index (χ2n) is 12.3. The summed E-state index contributed by atoms with van der Waals surface area (Å²) in [6.07, 6.45) is 3.25. The fraction of sp³-hybridized carbons (Fsp3) is 0.606. The highest BCUT2D eigenvalue weighted by Crippen LogP contribution is 2.20. The number of nitrogens with zero attached hydrogens (tertiary/aromatic N) is 3. The van der Waals surface area contributed by atoms with Gasteiger partial charge in [0, 0.05) is 30.4 Å². The lowest BCUT2D eigenvalue weighted by atomic mass is 9.96. The zero-order chi connectivity index (χ0) is 32.8. The largest absolute Gasteiger partial charge is 0.448 e. The number of nitrogens with one attached hydrogen (secondary N) is 3. The maximum Gasteiger partial charge on any atom is 0.407 e. The van der Waals surface area contributed by atoms with E-state index in [1.807, 2.05) is 49.6 Å². The Labute approximate surface area is 276 Å². The fourth-order valence-corrected chi connectivity index (χ4v) is 6.50. The number of alkyl carbamates (subject to hydrolysis) is 1. The van der Waals surface area contributed by atoms with E-state index >= 15 is 0 Å². The molecule has 1 aliphatic heterocycles. The number of urea groups is 1. The molecular weight excluding hydrogens is 609 g/mol. The number of benzene rings is 1. The molecular formula is C33H50N6O4S2. The molecule has 248 valence electrons. The Hall–Kier alpha value is -3.12. The number of rotatable bonds is 17. The van der Waals surface area contributed by atoms with Crippen molar-refractivity contribution in [3.05, 3.63) is 52.0 Å². The monoisotopic (exact) mass is 658 g/mol. The number of aromatic nitrogens is 1. The molecule has 12 heteroatoms. The summed E-state index contributed by atoms with van der Waals surface area (Å²) in [5.41, 5.74) is 3.73. The second kappa shape index (κ2) is 18.8. The Balaban J connectivity index is 1.61. The molecule has 1 aliphatic rings. The maximum absolute atomic E-state index is 13.7. The Kier molecular flexibility index (Phi) is 15.1. The van der Waals surface area contributed by atoms with Crippen molar-refractivity contribution in [2.24, 2.45) is 10.9 Å². The van der Waals surface area contributed by atoms with E-state index in [2.05, 4.69) is 46.7 Å². The minimum Gasteiger partial charge on any atom is -0.448 e. The third-order valence-corrected chi connectivity index (χ3v) is 9.70. The lowest BCUT2D eigenvalue weighted by molar-refractivity contribution is -0.124. The molecule has 1 aromatic carbocycles. The molecule has 0 radical (unpaired) electrons. The molecule has 3 rings (SSSR count). The van der Waals surface area contributed by atoms with Crippen LogP contribution in [0.3, 0.4) is 0 Å². The summed E-state index contributed by atoms with van der Waals surface area (Å²) in [6.45, 7) is 11.5. The summed E-state index contributed by atoms with van der Waals surface area (Å²) in [5, 5.41) is 12.4. The van der Waals surface area contributed by atoms with Crippen LogP contribution in [0.15, 0.2) is 40.7 Å². The summed E-state index contributed by atoms with van der Waals surface area (Å²) in [7, 11) is 1.71. The Morgan fingerprint density at radius 1 is 1.02 bits per heavy atom. The van der Waals surface area contributed by atoms with Gasteiger partial charge in [-0.05, 0) is 37.2 Å².